The Labute approximate surface area is 115 Å². The molecule has 2 heterocycles. The number of pyridine rings is 1. The van der Waals surface area contributed by atoms with Crippen molar-refractivity contribution in [3.63, 3.8) is 0 Å². The zero-order valence-electron chi connectivity index (χ0n) is 12.2. The topological polar surface area (TPSA) is 22.1 Å². The Kier molecular flexibility index (Phi) is 2.57. The van der Waals surface area contributed by atoms with Crippen LogP contribution < -0.4 is 9.92 Å². The van der Waals surface area contributed by atoms with Crippen LogP contribution in [0.4, 0.5) is 0 Å². The summed E-state index contributed by atoms with van der Waals surface area (Å²) in [7, 11) is -1.35. The Morgan fingerprint density at radius 2 is 1.84 bits per heavy atom. The first-order valence-electron chi connectivity index (χ1n) is 6.67. The predicted octanol–water partition coefficient (Wildman–Crippen LogP) is 3.92. The first kappa shape index (κ1) is 12.4. The summed E-state index contributed by atoms with van der Waals surface area (Å²) >= 11 is 0. The summed E-state index contributed by atoms with van der Waals surface area (Å²) in [4.78, 5) is 4.53. The zero-order chi connectivity index (χ0) is 13.8. The van der Waals surface area contributed by atoms with Crippen molar-refractivity contribution in [2.75, 3.05) is 0 Å². The molecule has 0 bridgehead atoms. The summed E-state index contributed by atoms with van der Waals surface area (Å²) in [6, 6.07) is 6.62. The van der Waals surface area contributed by atoms with Gasteiger partial charge in [-0.3, -0.25) is 4.98 Å². The molecule has 3 heteroatoms. The molecule has 0 N–H and O–H groups in total. The monoisotopic (exact) mass is 269 g/mol. The van der Waals surface area contributed by atoms with Crippen molar-refractivity contribution in [1.82, 2.24) is 4.98 Å². The minimum Gasteiger partial charge on any atom is -0.461 e. The van der Waals surface area contributed by atoms with Gasteiger partial charge in [-0.1, -0.05) is 30.9 Å². The Morgan fingerprint density at radius 1 is 1.11 bits per heavy atom. The van der Waals surface area contributed by atoms with E-state index < -0.39 is 8.07 Å². The fraction of sp³-hybridized carbons (Fsp3) is 0.312. The first-order chi connectivity index (χ1) is 8.88. The summed E-state index contributed by atoms with van der Waals surface area (Å²) in [5, 5.41) is 3.83. The standard InChI is InChI=1S/C16H19NOSi/c1-10-11(2)18-14-9-13(19(3,4)5)8-12-6-7-17-16(10)15(12)14/h6-9H,1-5H3. The van der Waals surface area contributed by atoms with Crippen molar-refractivity contribution in [3.8, 4) is 5.75 Å². The number of benzene rings is 1. The van der Waals surface area contributed by atoms with E-state index in [9.17, 15) is 0 Å². The molecule has 0 atom stereocenters. The third-order valence-corrected chi connectivity index (χ3v) is 5.86. The van der Waals surface area contributed by atoms with Crippen LogP contribution in [0, 0.1) is 0 Å². The van der Waals surface area contributed by atoms with Gasteiger partial charge in [-0.05, 0) is 31.4 Å². The second-order valence-corrected chi connectivity index (χ2v) is 11.3. The molecule has 0 aliphatic carbocycles. The molecule has 2 aromatic rings. The van der Waals surface area contributed by atoms with Crippen LogP contribution in [0.2, 0.25) is 19.6 Å². The number of hydrogen-bond donors (Lipinski definition) is 0. The minimum atomic E-state index is -1.35. The van der Waals surface area contributed by atoms with Gasteiger partial charge in [0.05, 0.1) is 19.2 Å². The number of hydrogen-bond acceptors (Lipinski definition) is 2. The molecule has 1 aromatic carbocycles. The minimum absolute atomic E-state index is 0.959. The lowest BCUT2D eigenvalue weighted by molar-refractivity contribution is 0.431. The van der Waals surface area contributed by atoms with Gasteiger partial charge >= 0.3 is 0 Å². The molecular formula is C16H19NOSi. The van der Waals surface area contributed by atoms with Gasteiger partial charge in [0.25, 0.3) is 0 Å². The maximum atomic E-state index is 6.01. The Bertz CT molecular complexity index is 710. The highest BCUT2D eigenvalue weighted by Gasteiger charge is 2.23. The van der Waals surface area contributed by atoms with Gasteiger partial charge in [-0.15, -0.1) is 0 Å². The molecule has 0 saturated carbocycles. The number of rotatable bonds is 1. The number of allylic oxidation sites excluding steroid dienone is 2. The van der Waals surface area contributed by atoms with E-state index in [1.807, 2.05) is 13.1 Å². The van der Waals surface area contributed by atoms with Gasteiger partial charge in [-0.25, -0.2) is 0 Å². The molecule has 1 aliphatic rings. The quantitative estimate of drug-likeness (QED) is 0.732. The van der Waals surface area contributed by atoms with E-state index in [0.29, 0.717) is 0 Å². The van der Waals surface area contributed by atoms with Gasteiger partial charge in [0.2, 0.25) is 0 Å². The van der Waals surface area contributed by atoms with Crippen LogP contribution in [0.25, 0.3) is 16.3 Å². The van der Waals surface area contributed by atoms with Crippen LogP contribution in [0.15, 0.2) is 30.2 Å². The van der Waals surface area contributed by atoms with Crippen LogP contribution >= 0.6 is 0 Å². The summed E-state index contributed by atoms with van der Waals surface area (Å²) in [5.41, 5.74) is 2.21. The van der Waals surface area contributed by atoms with Crippen LogP contribution in [0.3, 0.4) is 0 Å². The maximum Gasteiger partial charge on any atom is 0.136 e. The molecule has 0 saturated heterocycles. The van der Waals surface area contributed by atoms with Crippen LogP contribution in [-0.4, -0.2) is 13.1 Å². The van der Waals surface area contributed by atoms with Gasteiger partial charge in [0.1, 0.15) is 11.5 Å². The van der Waals surface area contributed by atoms with E-state index in [0.717, 1.165) is 28.2 Å². The average molecular weight is 269 g/mol. The summed E-state index contributed by atoms with van der Waals surface area (Å²) in [6.07, 6.45) is 1.90. The highest BCUT2D eigenvalue weighted by molar-refractivity contribution is 6.88. The van der Waals surface area contributed by atoms with E-state index in [4.69, 9.17) is 4.74 Å². The lowest BCUT2D eigenvalue weighted by Crippen LogP contribution is -2.37. The Balaban J connectivity index is 2.38. The second-order valence-electron chi connectivity index (χ2n) is 6.27. The SMILES string of the molecule is CC1=C(C)c2nccc3cc([Si](C)(C)C)cc(c23)O1. The summed E-state index contributed by atoms with van der Waals surface area (Å²) < 4.78 is 6.01. The van der Waals surface area contributed by atoms with E-state index >= 15 is 0 Å². The third kappa shape index (κ3) is 1.89. The average Bonchev–Trinajstić information content (AvgIpc) is 2.34. The fourth-order valence-electron chi connectivity index (χ4n) is 2.48. The smallest absolute Gasteiger partial charge is 0.136 e. The number of nitrogens with zero attached hydrogens (tertiary/aromatic N) is 1. The van der Waals surface area contributed by atoms with Crippen LogP contribution in [0.5, 0.6) is 5.75 Å². The third-order valence-electron chi connectivity index (χ3n) is 3.84. The van der Waals surface area contributed by atoms with E-state index in [2.05, 4.69) is 49.7 Å². The molecule has 2 nitrogen and oxygen atoms in total. The van der Waals surface area contributed by atoms with Crippen molar-refractivity contribution in [3.05, 3.63) is 35.8 Å². The zero-order valence-corrected chi connectivity index (χ0v) is 13.2. The van der Waals surface area contributed by atoms with Crippen molar-refractivity contribution in [2.45, 2.75) is 33.5 Å². The normalized spacial score (nSPS) is 14.8. The molecule has 0 spiro atoms. The molecular weight excluding hydrogens is 250 g/mol. The van der Waals surface area contributed by atoms with E-state index in [1.165, 1.54) is 10.6 Å². The van der Waals surface area contributed by atoms with Crippen molar-refractivity contribution < 1.29 is 4.74 Å². The molecule has 1 aliphatic heterocycles. The van der Waals surface area contributed by atoms with Gasteiger partial charge in [0, 0.05) is 11.8 Å². The summed E-state index contributed by atoms with van der Waals surface area (Å²) in [5.74, 6) is 1.93. The molecule has 19 heavy (non-hydrogen) atoms. The number of ether oxygens (including phenoxy) is 1. The molecule has 0 radical (unpaired) electrons. The van der Waals surface area contributed by atoms with Crippen molar-refractivity contribution >= 4 is 29.6 Å². The van der Waals surface area contributed by atoms with Gasteiger partial charge in [-0.2, -0.15) is 0 Å². The van der Waals surface area contributed by atoms with E-state index in [1.54, 1.807) is 0 Å². The molecule has 98 valence electrons. The van der Waals surface area contributed by atoms with Crippen LogP contribution in [-0.2, 0) is 0 Å². The highest BCUT2D eigenvalue weighted by atomic mass is 28.3. The maximum absolute atomic E-state index is 6.01. The van der Waals surface area contributed by atoms with Crippen molar-refractivity contribution in [2.24, 2.45) is 0 Å². The van der Waals surface area contributed by atoms with Crippen LogP contribution in [0.1, 0.15) is 19.5 Å². The highest BCUT2D eigenvalue weighted by Crippen LogP contribution is 2.37. The predicted molar refractivity (Wildman–Crippen MR) is 83.6 cm³/mol. The van der Waals surface area contributed by atoms with Gasteiger partial charge < -0.3 is 4.74 Å². The lowest BCUT2D eigenvalue weighted by atomic mass is 10.0. The summed E-state index contributed by atoms with van der Waals surface area (Å²) in [6.45, 7) is 11.2. The van der Waals surface area contributed by atoms with Gasteiger partial charge in [0.15, 0.2) is 0 Å². The Hall–Kier alpha value is -1.61. The molecule has 0 amide bonds. The number of aromatic nitrogens is 1. The Morgan fingerprint density at radius 3 is 2.53 bits per heavy atom. The van der Waals surface area contributed by atoms with Crippen molar-refractivity contribution in [1.29, 1.82) is 0 Å². The lowest BCUT2D eigenvalue weighted by Gasteiger charge is -2.24. The first-order valence-corrected chi connectivity index (χ1v) is 10.2. The molecule has 1 aromatic heterocycles. The second kappa shape index (κ2) is 3.94. The molecule has 0 fully saturated rings. The van der Waals surface area contributed by atoms with E-state index in [-0.39, 0.29) is 0 Å². The largest absolute Gasteiger partial charge is 0.461 e. The molecule has 0 unspecified atom stereocenters. The fourth-order valence-corrected chi connectivity index (χ4v) is 3.64. The molecule has 3 rings (SSSR count).